The standard InChI is InChI=1S/C17H20N2O3/c1-12-4-6-13(7-5-12)19-17(20)11-18-15-10-14(21-2)8-9-16(15)22-3/h4-10,18H,11H2,1-3H3,(H,19,20). The number of nitrogens with one attached hydrogen (secondary N) is 2. The van der Waals surface area contributed by atoms with Gasteiger partial charge in [-0.05, 0) is 31.2 Å². The average molecular weight is 300 g/mol. The largest absolute Gasteiger partial charge is 0.497 e. The van der Waals surface area contributed by atoms with Crippen LogP contribution in [0, 0.1) is 6.92 Å². The van der Waals surface area contributed by atoms with Gasteiger partial charge in [0.25, 0.3) is 0 Å². The van der Waals surface area contributed by atoms with Gasteiger partial charge < -0.3 is 20.1 Å². The minimum atomic E-state index is -0.131. The lowest BCUT2D eigenvalue weighted by atomic mass is 10.2. The number of anilines is 2. The molecule has 2 aromatic rings. The van der Waals surface area contributed by atoms with E-state index in [0.29, 0.717) is 17.2 Å². The second-order valence-electron chi connectivity index (χ2n) is 4.83. The van der Waals surface area contributed by atoms with E-state index < -0.39 is 0 Å². The van der Waals surface area contributed by atoms with E-state index in [-0.39, 0.29) is 12.5 Å². The van der Waals surface area contributed by atoms with Gasteiger partial charge >= 0.3 is 0 Å². The first-order chi connectivity index (χ1) is 10.6. The van der Waals surface area contributed by atoms with Crippen LogP contribution in [0.3, 0.4) is 0 Å². The third kappa shape index (κ3) is 4.15. The molecule has 0 radical (unpaired) electrons. The van der Waals surface area contributed by atoms with Gasteiger partial charge in [-0.25, -0.2) is 0 Å². The Morgan fingerprint density at radius 3 is 2.41 bits per heavy atom. The van der Waals surface area contributed by atoms with Crippen LogP contribution in [0.25, 0.3) is 0 Å². The predicted octanol–water partition coefficient (Wildman–Crippen LogP) is 3.06. The summed E-state index contributed by atoms with van der Waals surface area (Å²) < 4.78 is 10.4. The lowest BCUT2D eigenvalue weighted by molar-refractivity contribution is -0.114. The molecule has 0 unspecified atom stereocenters. The number of carbonyl (C=O) groups excluding carboxylic acids is 1. The van der Waals surface area contributed by atoms with E-state index in [2.05, 4.69) is 10.6 Å². The minimum Gasteiger partial charge on any atom is -0.497 e. The molecule has 0 aliphatic heterocycles. The molecule has 0 bridgehead atoms. The molecule has 2 rings (SSSR count). The molecule has 0 aliphatic rings. The summed E-state index contributed by atoms with van der Waals surface area (Å²) in [5.74, 6) is 1.22. The van der Waals surface area contributed by atoms with Crippen LogP contribution in [0.4, 0.5) is 11.4 Å². The van der Waals surface area contributed by atoms with Crippen molar-refractivity contribution >= 4 is 17.3 Å². The van der Waals surface area contributed by atoms with Crippen molar-refractivity contribution in [2.45, 2.75) is 6.92 Å². The van der Waals surface area contributed by atoms with Crippen molar-refractivity contribution in [2.24, 2.45) is 0 Å². The maximum absolute atomic E-state index is 12.0. The molecular weight excluding hydrogens is 280 g/mol. The van der Waals surface area contributed by atoms with Crippen molar-refractivity contribution in [3.63, 3.8) is 0 Å². The van der Waals surface area contributed by atoms with Crippen molar-refractivity contribution in [1.82, 2.24) is 0 Å². The molecule has 1 amide bonds. The van der Waals surface area contributed by atoms with Crippen LogP contribution in [0.2, 0.25) is 0 Å². The van der Waals surface area contributed by atoms with E-state index in [1.54, 1.807) is 32.4 Å². The zero-order chi connectivity index (χ0) is 15.9. The van der Waals surface area contributed by atoms with E-state index in [1.807, 2.05) is 31.2 Å². The molecule has 5 nitrogen and oxygen atoms in total. The molecule has 0 atom stereocenters. The average Bonchev–Trinajstić information content (AvgIpc) is 2.54. The lowest BCUT2D eigenvalue weighted by Crippen LogP contribution is -2.21. The number of hydrogen-bond donors (Lipinski definition) is 2. The van der Waals surface area contributed by atoms with Crippen molar-refractivity contribution in [2.75, 3.05) is 31.4 Å². The summed E-state index contributed by atoms with van der Waals surface area (Å²) in [6.07, 6.45) is 0. The maximum Gasteiger partial charge on any atom is 0.243 e. The monoisotopic (exact) mass is 300 g/mol. The third-order valence-corrected chi connectivity index (χ3v) is 3.18. The Balaban J connectivity index is 1.97. The zero-order valence-corrected chi connectivity index (χ0v) is 13.0. The van der Waals surface area contributed by atoms with Gasteiger partial charge in [0.1, 0.15) is 11.5 Å². The summed E-state index contributed by atoms with van der Waals surface area (Å²) in [7, 11) is 3.18. The minimum absolute atomic E-state index is 0.131. The molecule has 0 aliphatic carbocycles. The fraction of sp³-hybridized carbons (Fsp3) is 0.235. The fourth-order valence-corrected chi connectivity index (χ4v) is 1.97. The van der Waals surface area contributed by atoms with Gasteiger partial charge in [-0.1, -0.05) is 17.7 Å². The second-order valence-corrected chi connectivity index (χ2v) is 4.83. The third-order valence-electron chi connectivity index (χ3n) is 3.18. The molecule has 0 spiro atoms. The van der Waals surface area contributed by atoms with Crippen LogP contribution in [-0.2, 0) is 4.79 Å². The lowest BCUT2D eigenvalue weighted by Gasteiger charge is -2.12. The number of amides is 1. The van der Waals surface area contributed by atoms with Gasteiger partial charge in [0.15, 0.2) is 0 Å². The summed E-state index contributed by atoms with van der Waals surface area (Å²) in [5, 5.41) is 5.89. The van der Waals surface area contributed by atoms with Crippen molar-refractivity contribution < 1.29 is 14.3 Å². The van der Waals surface area contributed by atoms with Gasteiger partial charge in [0, 0.05) is 11.8 Å². The molecule has 0 saturated carbocycles. The Morgan fingerprint density at radius 2 is 1.77 bits per heavy atom. The van der Waals surface area contributed by atoms with Crippen LogP contribution in [0.1, 0.15) is 5.56 Å². The van der Waals surface area contributed by atoms with Crippen LogP contribution in [-0.4, -0.2) is 26.7 Å². The van der Waals surface area contributed by atoms with E-state index >= 15 is 0 Å². The van der Waals surface area contributed by atoms with Crippen LogP contribution < -0.4 is 20.1 Å². The van der Waals surface area contributed by atoms with E-state index in [9.17, 15) is 4.79 Å². The molecule has 0 aromatic heterocycles. The summed E-state index contributed by atoms with van der Waals surface area (Å²) in [6.45, 7) is 2.14. The SMILES string of the molecule is COc1ccc(OC)c(NCC(=O)Nc2ccc(C)cc2)c1. The van der Waals surface area contributed by atoms with Gasteiger partial charge in [-0.3, -0.25) is 4.79 Å². The number of ether oxygens (including phenoxy) is 2. The van der Waals surface area contributed by atoms with Crippen LogP contribution in [0.5, 0.6) is 11.5 Å². The Morgan fingerprint density at radius 1 is 1.05 bits per heavy atom. The van der Waals surface area contributed by atoms with Crippen molar-refractivity contribution in [3.8, 4) is 11.5 Å². The molecule has 0 fully saturated rings. The van der Waals surface area contributed by atoms with Crippen LogP contribution in [0.15, 0.2) is 42.5 Å². The highest BCUT2D eigenvalue weighted by molar-refractivity contribution is 5.94. The molecule has 5 heteroatoms. The summed E-state index contributed by atoms with van der Waals surface area (Å²) in [5.41, 5.74) is 2.63. The smallest absolute Gasteiger partial charge is 0.243 e. The van der Waals surface area contributed by atoms with Crippen molar-refractivity contribution in [3.05, 3.63) is 48.0 Å². The molecule has 116 valence electrons. The second kappa shape index (κ2) is 7.36. The Bertz CT molecular complexity index is 639. The number of benzene rings is 2. The summed E-state index contributed by atoms with van der Waals surface area (Å²) in [4.78, 5) is 12.0. The number of hydrogen-bond acceptors (Lipinski definition) is 4. The highest BCUT2D eigenvalue weighted by Crippen LogP contribution is 2.28. The summed E-state index contributed by atoms with van der Waals surface area (Å²) >= 11 is 0. The normalized spacial score (nSPS) is 9.95. The quantitative estimate of drug-likeness (QED) is 0.861. The number of rotatable bonds is 6. The maximum atomic E-state index is 12.0. The Labute approximate surface area is 130 Å². The topological polar surface area (TPSA) is 59.6 Å². The molecule has 2 aromatic carbocycles. The Kier molecular flexibility index (Phi) is 5.25. The van der Waals surface area contributed by atoms with E-state index in [0.717, 1.165) is 11.3 Å². The molecule has 0 heterocycles. The highest BCUT2D eigenvalue weighted by Gasteiger charge is 2.07. The highest BCUT2D eigenvalue weighted by atomic mass is 16.5. The zero-order valence-electron chi connectivity index (χ0n) is 13.0. The molecule has 22 heavy (non-hydrogen) atoms. The number of methoxy groups -OCH3 is 2. The van der Waals surface area contributed by atoms with Gasteiger partial charge in [0.2, 0.25) is 5.91 Å². The Hall–Kier alpha value is -2.69. The molecular formula is C17H20N2O3. The molecule has 2 N–H and O–H groups in total. The van der Waals surface area contributed by atoms with E-state index in [4.69, 9.17) is 9.47 Å². The number of carbonyl (C=O) groups is 1. The number of aryl methyl sites for hydroxylation is 1. The van der Waals surface area contributed by atoms with E-state index in [1.165, 1.54) is 0 Å². The first kappa shape index (κ1) is 15.7. The first-order valence-corrected chi connectivity index (χ1v) is 6.95. The first-order valence-electron chi connectivity index (χ1n) is 6.95. The van der Waals surface area contributed by atoms with Gasteiger partial charge in [-0.15, -0.1) is 0 Å². The fourth-order valence-electron chi connectivity index (χ4n) is 1.97. The summed E-state index contributed by atoms with van der Waals surface area (Å²) in [6, 6.07) is 13.0. The van der Waals surface area contributed by atoms with Gasteiger partial charge in [-0.2, -0.15) is 0 Å². The van der Waals surface area contributed by atoms with Crippen molar-refractivity contribution in [1.29, 1.82) is 0 Å². The van der Waals surface area contributed by atoms with Gasteiger partial charge in [0.05, 0.1) is 26.5 Å². The molecule has 0 saturated heterocycles. The van der Waals surface area contributed by atoms with Crippen LogP contribution >= 0.6 is 0 Å². The predicted molar refractivity (Wildman–Crippen MR) is 87.8 cm³/mol.